The standard InChI is InChI=1S/C10H15N3O5S/c1-11-9(14)12-7-3-6(5-18-19(2,16)17)8(4-7)13(12)10(11)15/h6-8H,3-5H2,1-2H3/t6-,7-,8-/m0/s1. The molecule has 1 saturated carbocycles. The average molecular weight is 289 g/mol. The molecule has 1 aromatic rings. The Hall–Kier alpha value is -1.35. The summed E-state index contributed by atoms with van der Waals surface area (Å²) in [6.07, 6.45) is 2.37. The fourth-order valence-corrected chi connectivity index (χ4v) is 3.59. The molecule has 106 valence electrons. The van der Waals surface area contributed by atoms with Crippen molar-refractivity contribution in [2.24, 2.45) is 13.0 Å². The molecule has 0 amide bonds. The van der Waals surface area contributed by atoms with E-state index in [0.29, 0.717) is 12.8 Å². The first-order chi connectivity index (χ1) is 8.79. The summed E-state index contributed by atoms with van der Waals surface area (Å²) in [5, 5.41) is 0. The number of hydrogen-bond acceptors (Lipinski definition) is 5. The highest BCUT2D eigenvalue weighted by atomic mass is 32.2. The molecule has 0 aromatic carbocycles. The van der Waals surface area contributed by atoms with Gasteiger partial charge in [0, 0.05) is 13.0 Å². The minimum absolute atomic E-state index is 0.0282. The topological polar surface area (TPSA) is 92.3 Å². The molecule has 0 N–H and O–H groups in total. The molecule has 0 unspecified atom stereocenters. The van der Waals surface area contributed by atoms with Crippen LogP contribution in [-0.4, -0.2) is 35.2 Å². The molecular weight excluding hydrogens is 274 g/mol. The summed E-state index contributed by atoms with van der Waals surface area (Å²) in [5.41, 5.74) is -0.651. The Balaban J connectivity index is 1.92. The maximum Gasteiger partial charge on any atom is 0.347 e. The van der Waals surface area contributed by atoms with Crippen molar-refractivity contribution in [2.75, 3.05) is 12.9 Å². The smallest absolute Gasteiger partial charge is 0.270 e. The maximum atomic E-state index is 12.0. The third kappa shape index (κ3) is 1.79. The minimum Gasteiger partial charge on any atom is -0.270 e. The van der Waals surface area contributed by atoms with E-state index in [1.54, 1.807) is 0 Å². The second kappa shape index (κ2) is 3.83. The monoisotopic (exact) mass is 289 g/mol. The number of nitrogens with zero attached hydrogens (tertiary/aromatic N) is 3. The zero-order valence-electron chi connectivity index (χ0n) is 10.6. The van der Waals surface area contributed by atoms with Crippen molar-refractivity contribution < 1.29 is 12.6 Å². The lowest BCUT2D eigenvalue weighted by Crippen LogP contribution is -2.34. The molecule has 1 aromatic heterocycles. The van der Waals surface area contributed by atoms with Crippen LogP contribution in [0, 0.1) is 5.92 Å². The summed E-state index contributed by atoms with van der Waals surface area (Å²) < 4.78 is 30.9. The quantitative estimate of drug-likeness (QED) is 0.654. The number of hydrogen-bond donors (Lipinski definition) is 0. The van der Waals surface area contributed by atoms with Crippen LogP contribution in [-0.2, 0) is 21.3 Å². The molecule has 1 aliphatic carbocycles. The highest BCUT2D eigenvalue weighted by Gasteiger charge is 2.47. The van der Waals surface area contributed by atoms with Crippen LogP contribution >= 0.6 is 0 Å². The van der Waals surface area contributed by atoms with Crippen molar-refractivity contribution in [2.45, 2.75) is 24.9 Å². The first-order valence-corrected chi connectivity index (χ1v) is 7.85. The summed E-state index contributed by atoms with van der Waals surface area (Å²) in [6, 6.07) is -0.173. The summed E-state index contributed by atoms with van der Waals surface area (Å²) in [6.45, 7) is 0.0650. The number of aromatic nitrogens is 3. The maximum absolute atomic E-state index is 12.0. The Kier molecular flexibility index (Phi) is 2.55. The third-order valence-corrected chi connectivity index (χ3v) is 4.55. The zero-order valence-corrected chi connectivity index (χ0v) is 11.5. The highest BCUT2D eigenvalue weighted by Crippen LogP contribution is 2.46. The van der Waals surface area contributed by atoms with Crippen LogP contribution in [0.4, 0.5) is 0 Å². The van der Waals surface area contributed by atoms with Gasteiger partial charge in [0.15, 0.2) is 0 Å². The molecular formula is C10H15N3O5S. The molecule has 1 fully saturated rings. The van der Waals surface area contributed by atoms with Gasteiger partial charge >= 0.3 is 11.4 Å². The van der Waals surface area contributed by atoms with Gasteiger partial charge in [-0.2, -0.15) is 8.42 Å². The summed E-state index contributed by atoms with van der Waals surface area (Å²) in [4.78, 5) is 23.8. The van der Waals surface area contributed by atoms with Gasteiger partial charge in [-0.05, 0) is 12.8 Å². The van der Waals surface area contributed by atoms with E-state index < -0.39 is 10.1 Å². The van der Waals surface area contributed by atoms with Crippen LogP contribution in [0.5, 0.6) is 0 Å². The molecule has 2 bridgehead atoms. The molecule has 9 heteroatoms. The van der Waals surface area contributed by atoms with Crippen LogP contribution in [0.25, 0.3) is 0 Å². The summed E-state index contributed by atoms with van der Waals surface area (Å²) >= 11 is 0. The summed E-state index contributed by atoms with van der Waals surface area (Å²) in [7, 11) is -2.03. The van der Waals surface area contributed by atoms with E-state index in [1.165, 1.54) is 16.4 Å². The van der Waals surface area contributed by atoms with E-state index in [-0.39, 0.29) is 36.0 Å². The molecule has 1 aliphatic heterocycles. The normalized spacial score (nSPS) is 28.8. The van der Waals surface area contributed by atoms with E-state index in [2.05, 4.69) is 0 Å². The molecule has 3 atom stereocenters. The van der Waals surface area contributed by atoms with Crippen molar-refractivity contribution in [3.05, 3.63) is 21.0 Å². The lowest BCUT2D eigenvalue weighted by atomic mass is 10.0. The van der Waals surface area contributed by atoms with Crippen LogP contribution < -0.4 is 11.4 Å². The molecule has 19 heavy (non-hydrogen) atoms. The third-order valence-electron chi connectivity index (χ3n) is 3.99. The van der Waals surface area contributed by atoms with Crippen LogP contribution in [0.15, 0.2) is 9.59 Å². The predicted molar refractivity (Wildman–Crippen MR) is 65.5 cm³/mol. The van der Waals surface area contributed by atoms with Gasteiger partial charge in [-0.15, -0.1) is 0 Å². The van der Waals surface area contributed by atoms with E-state index in [0.717, 1.165) is 10.8 Å². The van der Waals surface area contributed by atoms with Gasteiger partial charge in [0.05, 0.1) is 24.9 Å². The highest BCUT2D eigenvalue weighted by molar-refractivity contribution is 7.85. The van der Waals surface area contributed by atoms with Crippen LogP contribution in [0.2, 0.25) is 0 Å². The van der Waals surface area contributed by atoms with Gasteiger partial charge in [0.2, 0.25) is 0 Å². The first kappa shape index (κ1) is 12.7. The zero-order chi connectivity index (χ0) is 13.9. The molecule has 3 rings (SSSR count). The Morgan fingerprint density at radius 3 is 2.47 bits per heavy atom. The largest absolute Gasteiger partial charge is 0.347 e. The molecule has 2 aliphatic rings. The lowest BCUT2D eigenvalue weighted by Gasteiger charge is -2.23. The van der Waals surface area contributed by atoms with Crippen LogP contribution in [0.1, 0.15) is 24.9 Å². The van der Waals surface area contributed by atoms with E-state index in [4.69, 9.17) is 4.18 Å². The van der Waals surface area contributed by atoms with Crippen molar-refractivity contribution in [3.63, 3.8) is 0 Å². The lowest BCUT2D eigenvalue weighted by molar-refractivity contribution is 0.186. The Morgan fingerprint density at radius 2 is 1.84 bits per heavy atom. The SMILES string of the molecule is Cn1c(=O)n2n(c1=O)[C@H]1C[C@@H]2C[C@H]1COS(C)(=O)=O. The van der Waals surface area contributed by atoms with Gasteiger partial charge in [0.25, 0.3) is 10.1 Å². The Bertz CT molecular complexity index is 740. The fourth-order valence-electron chi connectivity index (χ4n) is 3.17. The van der Waals surface area contributed by atoms with Crippen molar-refractivity contribution in [3.8, 4) is 0 Å². The Labute approximate surface area is 109 Å². The van der Waals surface area contributed by atoms with Gasteiger partial charge in [0.1, 0.15) is 0 Å². The first-order valence-electron chi connectivity index (χ1n) is 6.04. The Morgan fingerprint density at radius 1 is 1.21 bits per heavy atom. The van der Waals surface area contributed by atoms with Gasteiger partial charge in [-0.3, -0.25) is 4.18 Å². The van der Waals surface area contributed by atoms with Gasteiger partial charge in [-0.25, -0.2) is 23.5 Å². The number of rotatable bonds is 3. The minimum atomic E-state index is -3.48. The molecule has 8 nitrogen and oxygen atoms in total. The summed E-state index contributed by atoms with van der Waals surface area (Å²) in [5.74, 6) is -0.0424. The van der Waals surface area contributed by atoms with E-state index in [9.17, 15) is 18.0 Å². The molecule has 0 radical (unpaired) electrons. The van der Waals surface area contributed by atoms with Crippen molar-refractivity contribution in [1.82, 2.24) is 13.9 Å². The number of fused-ring (bicyclic) bond motifs is 5. The average Bonchev–Trinajstić information content (AvgIpc) is 2.94. The second-order valence-electron chi connectivity index (χ2n) is 5.25. The van der Waals surface area contributed by atoms with E-state index in [1.807, 2.05) is 0 Å². The van der Waals surface area contributed by atoms with Gasteiger partial charge in [-0.1, -0.05) is 0 Å². The van der Waals surface area contributed by atoms with Crippen molar-refractivity contribution in [1.29, 1.82) is 0 Å². The molecule has 2 heterocycles. The van der Waals surface area contributed by atoms with Crippen molar-refractivity contribution >= 4 is 10.1 Å². The molecule has 0 saturated heterocycles. The van der Waals surface area contributed by atoms with E-state index >= 15 is 0 Å². The second-order valence-corrected chi connectivity index (χ2v) is 6.90. The van der Waals surface area contributed by atoms with Gasteiger partial charge < -0.3 is 0 Å². The fraction of sp³-hybridized carbons (Fsp3) is 0.800. The molecule has 0 spiro atoms. The van der Waals surface area contributed by atoms with Crippen LogP contribution in [0.3, 0.4) is 0 Å². The predicted octanol–water partition coefficient (Wildman–Crippen LogP) is -1.17.